The summed E-state index contributed by atoms with van der Waals surface area (Å²) in [6, 6.07) is 18.2. The maximum atomic E-state index is 13.9. The van der Waals surface area contributed by atoms with E-state index in [4.69, 9.17) is 16.3 Å². The topological polar surface area (TPSA) is 171 Å². The van der Waals surface area contributed by atoms with Gasteiger partial charge in [-0.1, -0.05) is 41.9 Å². The molecule has 6 rings (SSSR count). The number of carbonyl (C=O) groups excluding carboxylic acids is 5. The van der Waals surface area contributed by atoms with Crippen LogP contribution >= 0.6 is 11.6 Å². The fraction of sp³-hybridized carbons (Fsp3) is 0.442. The predicted octanol–water partition coefficient (Wildman–Crippen LogP) is 7.29. The molecule has 3 aromatic carbocycles. The van der Waals surface area contributed by atoms with E-state index >= 15 is 0 Å². The van der Waals surface area contributed by atoms with Gasteiger partial charge in [-0.3, -0.25) is 24.3 Å². The number of aromatic amines is 1. The van der Waals surface area contributed by atoms with Gasteiger partial charge in [-0.2, -0.15) is 5.10 Å². The molecule has 1 saturated carbocycles. The number of alkyl carbamates (subject to hydrolysis) is 1. The van der Waals surface area contributed by atoms with Gasteiger partial charge in [0, 0.05) is 48.0 Å². The van der Waals surface area contributed by atoms with Crippen LogP contribution in [0.4, 0.5) is 10.5 Å². The second-order valence-electron chi connectivity index (χ2n) is 16.1. The van der Waals surface area contributed by atoms with Crippen molar-refractivity contribution in [2.24, 2.45) is 17.8 Å². The summed E-state index contributed by atoms with van der Waals surface area (Å²) in [4.78, 5) is 64.9. The Kier molecular flexibility index (Phi) is 12.8. The molecule has 1 saturated heterocycles. The first-order valence-corrected chi connectivity index (χ1v) is 19.8. The summed E-state index contributed by atoms with van der Waals surface area (Å²) in [5.74, 6) is -1.14. The number of carbonyl (C=O) groups is 5. The van der Waals surface area contributed by atoms with Crippen LogP contribution in [0.1, 0.15) is 87.2 Å². The standard InChI is InChI=1S/C43H51ClN6O6/c1-25-20-30(39(52)48-35-6-5-19-45-41(35)54)15-17-33(25)28-11-7-26(8-12-28)21-31(40(53)47-32-16-18-34-36(23-32)49-50-38(34)44)22-37(51)29-13-9-27(10-14-29)24-46-42(55)56-43(2,3)4/h7-8,11-12,15-18,20,23,27,29,31,35H,5-6,9-10,13-14,19,21-22,24H2,1-4H3,(H,45,54)(H,46,55)(H,47,53)(H,48,52)(H,49,50)/t27?,29?,31?,35-/m0/s1. The number of hydrogen-bond acceptors (Lipinski definition) is 7. The van der Waals surface area contributed by atoms with E-state index in [0.29, 0.717) is 60.7 Å². The van der Waals surface area contributed by atoms with Crippen LogP contribution in [0.3, 0.4) is 0 Å². The second-order valence-corrected chi connectivity index (χ2v) is 16.5. The van der Waals surface area contributed by atoms with Gasteiger partial charge in [-0.25, -0.2) is 4.79 Å². The molecular formula is C43H51ClN6O6. The van der Waals surface area contributed by atoms with Gasteiger partial charge in [0.05, 0.1) is 5.52 Å². The lowest BCUT2D eigenvalue weighted by molar-refractivity contribution is -0.129. The van der Waals surface area contributed by atoms with Crippen LogP contribution in [0.5, 0.6) is 0 Å². The number of nitrogens with one attached hydrogen (secondary N) is 5. The Morgan fingerprint density at radius 1 is 0.964 bits per heavy atom. The maximum Gasteiger partial charge on any atom is 0.407 e. The first kappa shape index (κ1) is 40.4. The highest BCUT2D eigenvalue weighted by atomic mass is 35.5. The van der Waals surface area contributed by atoms with E-state index in [1.165, 1.54) is 0 Å². The summed E-state index contributed by atoms with van der Waals surface area (Å²) in [5.41, 5.74) is 4.83. The molecule has 4 aromatic rings. The first-order valence-electron chi connectivity index (χ1n) is 19.4. The molecular weight excluding hydrogens is 732 g/mol. The molecule has 12 nitrogen and oxygen atoms in total. The predicted molar refractivity (Wildman–Crippen MR) is 216 cm³/mol. The minimum atomic E-state index is -0.621. The third kappa shape index (κ3) is 10.5. The van der Waals surface area contributed by atoms with Crippen LogP contribution in [0, 0.1) is 24.7 Å². The van der Waals surface area contributed by atoms with Gasteiger partial charge < -0.3 is 26.0 Å². The molecule has 2 aliphatic rings. The van der Waals surface area contributed by atoms with Crippen LogP contribution in [-0.4, -0.2) is 64.5 Å². The van der Waals surface area contributed by atoms with Crippen molar-refractivity contribution in [3.05, 3.63) is 82.5 Å². The van der Waals surface area contributed by atoms with Crippen LogP contribution in [0.25, 0.3) is 22.0 Å². The molecule has 13 heteroatoms. The molecule has 1 aromatic heterocycles. The molecule has 56 heavy (non-hydrogen) atoms. The number of hydrogen-bond donors (Lipinski definition) is 5. The molecule has 1 unspecified atom stereocenters. The number of benzene rings is 3. The summed E-state index contributed by atoms with van der Waals surface area (Å²) in [6.07, 6.45) is 4.47. The highest BCUT2D eigenvalue weighted by molar-refractivity contribution is 6.34. The van der Waals surface area contributed by atoms with E-state index in [0.717, 1.165) is 46.9 Å². The Bertz CT molecular complexity index is 2080. The van der Waals surface area contributed by atoms with Crippen molar-refractivity contribution < 1.29 is 28.7 Å². The van der Waals surface area contributed by atoms with Gasteiger partial charge in [0.15, 0.2) is 0 Å². The Morgan fingerprint density at radius 3 is 2.41 bits per heavy atom. The molecule has 0 spiro atoms. The third-order valence-electron chi connectivity index (χ3n) is 10.7. The maximum absolute atomic E-state index is 13.9. The number of Topliss-reactive ketones (excluding diaryl/α,β-unsaturated/α-hetero) is 1. The molecule has 1 aliphatic carbocycles. The van der Waals surface area contributed by atoms with Crippen molar-refractivity contribution >= 4 is 57.8 Å². The van der Waals surface area contributed by atoms with Gasteiger partial charge in [0.1, 0.15) is 22.6 Å². The number of anilines is 1. The van der Waals surface area contributed by atoms with Crippen molar-refractivity contribution in [1.29, 1.82) is 0 Å². The van der Waals surface area contributed by atoms with Gasteiger partial charge in [0.2, 0.25) is 11.8 Å². The lowest BCUT2D eigenvalue weighted by Gasteiger charge is -2.29. The minimum absolute atomic E-state index is 0.0683. The Labute approximate surface area is 332 Å². The van der Waals surface area contributed by atoms with Crippen molar-refractivity contribution in [3.63, 3.8) is 0 Å². The number of rotatable bonds is 12. The SMILES string of the molecule is Cc1cc(C(=O)N[C@H]2CCCNC2=O)ccc1-c1ccc(CC(CC(=O)C2CCC(CNC(=O)OC(C)(C)C)CC2)C(=O)Nc2ccc3c(Cl)[nH]nc3c2)cc1. The van der Waals surface area contributed by atoms with E-state index in [9.17, 15) is 24.0 Å². The number of H-pyrrole nitrogens is 1. The zero-order valence-corrected chi connectivity index (χ0v) is 33.2. The molecule has 296 valence electrons. The van der Waals surface area contributed by atoms with Crippen LogP contribution in [-0.2, 0) is 25.5 Å². The second kappa shape index (κ2) is 17.7. The smallest absolute Gasteiger partial charge is 0.407 e. The normalized spacial score (nSPS) is 19.1. The average Bonchev–Trinajstić information content (AvgIpc) is 3.53. The van der Waals surface area contributed by atoms with Crippen molar-refractivity contribution in [1.82, 2.24) is 26.1 Å². The number of amides is 4. The lowest BCUT2D eigenvalue weighted by Crippen LogP contribution is -2.50. The van der Waals surface area contributed by atoms with E-state index in [1.807, 2.05) is 64.1 Å². The van der Waals surface area contributed by atoms with E-state index in [1.54, 1.807) is 24.3 Å². The molecule has 0 bridgehead atoms. The zero-order chi connectivity index (χ0) is 40.0. The van der Waals surface area contributed by atoms with Crippen molar-refractivity contribution in [2.75, 3.05) is 18.4 Å². The third-order valence-corrected chi connectivity index (χ3v) is 10.9. The molecule has 0 radical (unpaired) electrons. The van der Waals surface area contributed by atoms with Gasteiger partial charge in [-0.05, 0) is 131 Å². The van der Waals surface area contributed by atoms with Crippen molar-refractivity contribution in [3.8, 4) is 11.1 Å². The highest BCUT2D eigenvalue weighted by Crippen LogP contribution is 2.32. The number of fused-ring (bicyclic) bond motifs is 1. The molecule has 4 amide bonds. The number of halogens is 1. The van der Waals surface area contributed by atoms with Crippen molar-refractivity contribution in [2.45, 2.75) is 90.7 Å². The average molecular weight is 783 g/mol. The molecule has 2 fully saturated rings. The van der Waals surface area contributed by atoms with Crippen LogP contribution < -0.4 is 21.3 Å². The fourth-order valence-electron chi connectivity index (χ4n) is 7.58. The van der Waals surface area contributed by atoms with Gasteiger partial charge >= 0.3 is 6.09 Å². The largest absolute Gasteiger partial charge is 0.444 e. The molecule has 1 aliphatic heterocycles. The molecule has 5 N–H and O–H groups in total. The molecule has 2 atom stereocenters. The number of piperidine rings is 1. The van der Waals surface area contributed by atoms with E-state index in [-0.39, 0.29) is 41.8 Å². The highest BCUT2D eigenvalue weighted by Gasteiger charge is 2.31. The number of ketones is 1. The summed E-state index contributed by atoms with van der Waals surface area (Å²) in [7, 11) is 0. The molecule has 2 heterocycles. The number of aryl methyl sites for hydroxylation is 1. The van der Waals surface area contributed by atoms with Crippen LogP contribution in [0.2, 0.25) is 5.15 Å². The number of ether oxygens (including phenoxy) is 1. The lowest BCUT2D eigenvalue weighted by atomic mass is 9.77. The Balaban J connectivity index is 1.11. The van der Waals surface area contributed by atoms with Gasteiger partial charge in [0.25, 0.3) is 5.91 Å². The summed E-state index contributed by atoms with van der Waals surface area (Å²) in [5, 5.41) is 19.6. The number of nitrogens with zero attached hydrogens (tertiary/aromatic N) is 1. The quantitative estimate of drug-likeness (QED) is 0.100. The zero-order valence-electron chi connectivity index (χ0n) is 32.4. The minimum Gasteiger partial charge on any atom is -0.444 e. The van der Waals surface area contributed by atoms with E-state index in [2.05, 4.69) is 31.5 Å². The van der Waals surface area contributed by atoms with E-state index < -0.39 is 23.7 Å². The van der Waals surface area contributed by atoms with Crippen LogP contribution in [0.15, 0.2) is 60.7 Å². The Hall–Kier alpha value is -5.23. The monoisotopic (exact) mass is 782 g/mol. The summed E-state index contributed by atoms with van der Waals surface area (Å²) in [6.45, 7) is 8.55. The summed E-state index contributed by atoms with van der Waals surface area (Å²) >= 11 is 6.19. The first-order chi connectivity index (χ1) is 26.7. The Morgan fingerprint density at radius 2 is 1.71 bits per heavy atom. The fourth-order valence-corrected chi connectivity index (χ4v) is 7.79. The van der Waals surface area contributed by atoms with Gasteiger partial charge in [-0.15, -0.1) is 0 Å². The summed E-state index contributed by atoms with van der Waals surface area (Å²) < 4.78 is 5.36. The number of aromatic nitrogens is 2.